The van der Waals surface area contributed by atoms with Crippen molar-refractivity contribution in [2.24, 2.45) is 0 Å². The highest BCUT2D eigenvalue weighted by molar-refractivity contribution is 5.73. The second kappa shape index (κ2) is 5.97. The van der Waals surface area contributed by atoms with E-state index >= 15 is 0 Å². The normalized spacial score (nSPS) is 12.5. The van der Waals surface area contributed by atoms with Crippen LogP contribution >= 0.6 is 0 Å². The lowest BCUT2D eigenvalue weighted by Gasteiger charge is -2.16. The van der Waals surface area contributed by atoms with Crippen molar-refractivity contribution >= 4 is 11.0 Å². The fourth-order valence-electron chi connectivity index (χ4n) is 2.35. The van der Waals surface area contributed by atoms with Gasteiger partial charge in [-0.3, -0.25) is 4.98 Å². The van der Waals surface area contributed by atoms with Crippen molar-refractivity contribution in [1.29, 1.82) is 0 Å². The smallest absolute Gasteiger partial charge is 0.123 e. The van der Waals surface area contributed by atoms with Crippen LogP contribution in [0.2, 0.25) is 0 Å². The summed E-state index contributed by atoms with van der Waals surface area (Å²) in [5.41, 5.74) is 3.72. The van der Waals surface area contributed by atoms with Crippen LogP contribution in [0.25, 0.3) is 11.0 Å². The largest absolute Gasteiger partial charge is 0.311 e. The maximum Gasteiger partial charge on any atom is 0.123 e. The van der Waals surface area contributed by atoms with Gasteiger partial charge in [0, 0.05) is 0 Å². The monoisotopic (exact) mass is 281 g/mol. The molecule has 0 amide bonds. The number of benzene rings is 2. The third-order valence-electron chi connectivity index (χ3n) is 3.53. The predicted octanol–water partition coefficient (Wildman–Crippen LogP) is 3.27. The highest BCUT2D eigenvalue weighted by atomic mass is 19.1. The molecule has 1 aromatic heterocycles. The molecule has 3 aromatic rings. The van der Waals surface area contributed by atoms with Gasteiger partial charge in [0.05, 0.1) is 29.0 Å². The van der Waals surface area contributed by atoms with Crippen LogP contribution < -0.4 is 5.32 Å². The van der Waals surface area contributed by atoms with Crippen molar-refractivity contribution in [1.82, 2.24) is 15.3 Å². The van der Waals surface area contributed by atoms with Crippen LogP contribution in [-0.4, -0.2) is 17.0 Å². The summed E-state index contributed by atoms with van der Waals surface area (Å²) in [5.74, 6) is -0.217. The molecule has 0 radical (unpaired) electrons. The SMILES string of the molecule is CNC(Cc1ccc(F)cc1)c1cnc2ccccc2n1. The van der Waals surface area contributed by atoms with E-state index < -0.39 is 0 Å². The van der Waals surface area contributed by atoms with Gasteiger partial charge in [-0.2, -0.15) is 0 Å². The Bertz CT molecular complexity index is 740. The highest BCUT2D eigenvalue weighted by Gasteiger charge is 2.13. The average molecular weight is 281 g/mol. The third-order valence-corrected chi connectivity index (χ3v) is 3.53. The predicted molar refractivity (Wildman–Crippen MR) is 81.4 cm³/mol. The summed E-state index contributed by atoms with van der Waals surface area (Å²) in [6.45, 7) is 0. The topological polar surface area (TPSA) is 37.8 Å². The lowest BCUT2D eigenvalue weighted by atomic mass is 10.0. The van der Waals surface area contributed by atoms with E-state index in [0.717, 1.165) is 28.7 Å². The van der Waals surface area contributed by atoms with Gasteiger partial charge < -0.3 is 5.32 Å². The van der Waals surface area contributed by atoms with Gasteiger partial charge in [-0.25, -0.2) is 9.37 Å². The summed E-state index contributed by atoms with van der Waals surface area (Å²) < 4.78 is 13.0. The molecule has 2 aromatic carbocycles. The Morgan fingerprint density at radius 1 is 1.05 bits per heavy atom. The molecule has 1 unspecified atom stereocenters. The number of halogens is 1. The van der Waals surface area contributed by atoms with Crippen molar-refractivity contribution < 1.29 is 4.39 Å². The van der Waals surface area contributed by atoms with Crippen LogP contribution in [-0.2, 0) is 6.42 Å². The zero-order valence-corrected chi connectivity index (χ0v) is 11.8. The maximum atomic E-state index is 13.0. The molecule has 0 spiro atoms. The molecule has 0 saturated heterocycles. The Morgan fingerprint density at radius 2 is 1.76 bits per heavy atom. The average Bonchev–Trinajstić information content (AvgIpc) is 2.54. The molecule has 106 valence electrons. The van der Waals surface area contributed by atoms with Gasteiger partial charge in [0.1, 0.15) is 5.82 Å². The molecule has 0 saturated carbocycles. The first kappa shape index (κ1) is 13.6. The van der Waals surface area contributed by atoms with Crippen LogP contribution in [0.15, 0.2) is 54.7 Å². The molecular formula is C17H16FN3. The Kier molecular flexibility index (Phi) is 3.88. The molecule has 3 rings (SSSR count). The quantitative estimate of drug-likeness (QED) is 0.797. The van der Waals surface area contributed by atoms with Gasteiger partial charge in [0.15, 0.2) is 0 Å². The summed E-state index contributed by atoms with van der Waals surface area (Å²) in [6, 6.07) is 14.4. The van der Waals surface area contributed by atoms with E-state index in [1.165, 1.54) is 12.1 Å². The second-order valence-corrected chi connectivity index (χ2v) is 4.96. The molecule has 0 fully saturated rings. The van der Waals surface area contributed by atoms with E-state index in [-0.39, 0.29) is 11.9 Å². The van der Waals surface area contributed by atoms with E-state index in [9.17, 15) is 4.39 Å². The summed E-state index contributed by atoms with van der Waals surface area (Å²) in [4.78, 5) is 9.10. The van der Waals surface area contributed by atoms with Crippen molar-refractivity contribution in [3.8, 4) is 0 Å². The number of hydrogen-bond donors (Lipinski definition) is 1. The molecule has 0 aliphatic carbocycles. The van der Waals surface area contributed by atoms with Gasteiger partial charge in [-0.15, -0.1) is 0 Å². The Balaban J connectivity index is 1.88. The number of nitrogens with one attached hydrogen (secondary N) is 1. The first-order chi connectivity index (χ1) is 10.3. The molecule has 21 heavy (non-hydrogen) atoms. The maximum absolute atomic E-state index is 13.0. The van der Waals surface area contributed by atoms with E-state index in [1.807, 2.05) is 31.3 Å². The van der Waals surface area contributed by atoms with Gasteiger partial charge in [0.2, 0.25) is 0 Å². The van der Waals surface area contributed by atoms with Crippen molar-refractivity contribution in [3.05, 3.63) is 71.8 Å². The number of para-hydroxylation sites is 2. The minimum atomic E-state index is -0.217. The van der Waals surface area contributed by atoms with Crippen LogP contribution in [0.5, 0.6) is 0 Å². The lowest BCUT2D eigenvalue weighted by Crippen LogP contribution is -2.20. The number of aromatic nitrogens is 2. The lowest BCUT2D eigenvalue weighted by molar-refractivity contribution is 0.574. The zero-order chi connectivity index (χ0) is 14.7. The Hall–Kier alpha value is -2.33. The van der Waals surface area contributed by atoms with Crippen LogP contribution in [0.1, 0.15) is 17.3 Å². The van der Waals surface area contributed by atoms with E-state index in [1.54, 1.807) is 18.3 Å². The second-order valence-electron chi connectivity index (χ2n) is 4.96. The summed E-state index contributed by atoms with van der Waals surface area (Å²) in [6.07, 6.45) is 2.54. The minimum absolute atomic E-state index is 0.0487. The molecule has 0 bridgehead atoms. The van der Waals surface area contributed by atoms with Crippen molar-refractivity contribution in [2.45, 2.75) is 12.5 Å². The molecule has 1 N–H and O–H groups in total. The first-order valence-corrected chi connectivity index (χ1v) is 6.89. The summed E-state index contributed by atoms with van der Waals surface area (Å²) >= 11 is 0. The molecule has 0 aliphatic heterocycles. The van der Waals surface area contributed by atoms with E-state index in [2.05, 4.69) is 15.3 Å². The number of hydrogen-bond acceptors (Lipinski definition) is 3. The minimum Gasteiger partial charge on any atom is -0.311 e. The summed E-state index contributed by atoms with van der Waals surface area (Å²) in [7, 11) is 1.89. The van der Waals surface area contributed by atoms with E-state index in [4.69, 9.17) is 0 Å². The number of fused-ring (bicyclic) bond motifs is 1. The zero-order valence-electron chi connectivity index (χ0n) is 11.8. The van der Waals surface area contributed by atoms with Gasteiger partial charge in [0.25, 0.3) is 0 Å². The third kappa shape index (κ3) is 3.06. The number of likely N-dealkylation sites (N-methyl/N-ethyl adjacent to an activating group) is 1. The van der Waals surface area contributed by atoms with Crippen LogP contribution in [0.4, 0.5) is 4.39 Å². The molecule has 4 heteroatoms. The van der Waals surface area contributed by atoms with Gasteiger partial charge in [-0.05, 0) is 43.3 Å². The molecule has 1 atom stereocenters. The first-order valence-electron chi connectivity index (χ1n) is 6.89. The van der Waals surface area contributed by atoms with Crippen LogP contribution in [0, 0.1) is 5.82 Å². The summed E-state index contributed by atoms with van der Waals surface area (Å²) in [5, 5.41) is 3.25. The number of rotatable bonds is 4. The van der Waals surface area contributed by atoms with Crippen LogP contribution in [0.3, 0.4) is 0 Å². The van der Waals surface area contributed by atoms with Gasteiger partial charge in [-0.1, -0.05) is 24.3 Å². The van der Waals surface area contributed by atoms with Gasteiger partial charge >= 0.3 is 0 Å². The van der Waals surface area contributed by atoms with Crippen molar-refractivity contribution in [2.75, 3.05) is 7.05 Å². The Labute approximate surface area is 122 Å². The highest BCUT2D eigenvalue weighted by Crippen LogP contribution is 2.18. The van der Waals surface area contributed by atoms with Crippen molar-refractivity contribution in [3.63, 3.8) is 0 Å². The molecule has 0 aliphatic rings. The fourth-order valence-corrected chi connectivity index (χ4v) is 2.35. The fraction of sp³-hybridized carbons (Fsp3) is 0.176. The molecular weight excluding hydrogens is 265 g/mol. The number of nitrogens with zero attached hydrogens (tertiary/aromatic N) is 2. The standard InChI is InChI=1S/C17H16FN3/c1-19-16(10-12-6-8-13(18)9-7-12)17-11-20-14-4-2-3-5-15(14)21-17/h2-9,11,16,19H,10H2,1H3. The Morgan fingerprint density at radius 3 is 2.48 bits per heavy atom. The molecule has 1 heterocycles. The molecule has 3 nitrogen and oxygen atoms in total. The van der Waals surface area contributed by atoms with E-state index in [0.29, 0.717) is 0 Å².